The van der Waals surface area contributed by atoms with Crippen molar-refractivity contribution in [1.82, 2.24) is 20.8 Å². The fraction of sp³-hybridized carbons (Fsp3) is 0.333. The first-order chi connectivity index (χ1) is 21.9. The van der Waals surface area contributed by atoms with E-state index >= 15 is 0 Å². The Bertz CT molecular complexity index is 1730. The normalized spacial score (nSPS) is 15.1. The number of nitrogens with one attached hydrogen (secondary N) is 3. The van der Waals surface area contributed by atoms with Gasteiger partial charge in [0.1, 0.15) is 11.7 Å². The highest BCUT2D eigenvalue weighted by Crippen LogP contribution is 2.32. The highest BCUT2D eigenvalue weighted by Gasteiger charge is 2.21. The lowest BCUT2D eigenvalue weighted by Gasteiger charge is -2.22. The fourth-order valence-corrected chi connectivity index (χ4v) is 5.18. The summed E-state index contributed by atoms with van der Waals surface area (Å²) in [5, 5.41) is 13.2. The zero-order valence-electron chi connectivity index (χ0n) is 27.4. The van der Waals surface area contributed by atoms with Crippen molar-refractivity contribution in [3.63, 3.8) is 0 Å². The molecule has 8 nitrogen and oxygen atoms in total. The number of H-pyrrole nitrogens is 1. The molecule has 0 spiro atoms. The maximum atomic E-state index is 13.8. The van der Waals surface area contributed by atoms with Crippen LogP contribution >= 0.6 is 0 Å². The zero-order valence-corrected chi connectivity index (χ0v) is 27.4. The molecule has 0 radical (unpaired) electrons. The van der Waals surface area contributed by atoms with Crippen molar-refractivity contribution < 1.29 is 13.6 Å². The smallest absolute Gasteiger partial charge is 0.254 e. The average Bonchev–Trinajstić information content (AvgIpc) is 3.29. The number of aliphatic imine (C=N–C) groups is 2. The molecule has 2 heterocycles. The largest absolute Gasteiger partial charge is 0.384 e. The van der Waals surface area contributed by atoms with Gasteiger partial charge < -0.3 is 16.4 Å². The fourth-order valence-electron chi connectivity index (χ4n) is 5.18. The van der Waals surface area contributed by atoms with E-state index in [1.165, 1.54) is 17.2 Å². The summed E-state index contributed by atoms with van der Waals surface area (Å²) in [5.41, 5.74) is 14.2. The molecule has 0 saturated carbocycles. The molecule has 4 rings (SSSR count). The highest BCUT2D eigenvalue weighted by molar-refractivity contribution is 6.20. The molecule has 46 heavy (non-hydrogen) atoms. The SMILES string of the molecule is C=C(C(=O)NC(C)c1ccc(F)c(F)c1)C(=NCc1ccc(C2=C(CC)Cc3c(n[nH]c3N)N=C2)cc1)NC(C)C(C)=C(C)CC. The minimum atomic E-state index is -0.973. The van der Waals surface area contributed by atoms with Crippen LogP contribution in [0.1, 0.15) is 82.7 Å². The number of aromatic amines is 1. The molecule has 5 N–H and O–H groups in total. The third kappa shape index (κ3) is 7.85. The van der Waals surface area contributed by atoms with Gasteiger partial charge in [-0.05, 0) is 74.9 Å². The Morgan fingerprint density at radius 1 is 1.09 bits per heavy atom. The number of benzene rings is 2. The number of aromatic nitrogens is 2. The number of nitrogen functional groups attached to an aromatic ring is 1. The molecule has 10 heteroatoms. The molecule has 2 atom stereocenters. The number of amides is 1. The van der Waals surface area contributed by atoms with Gasteiger partial charge in [0.25, 0.3) is 5.91 Å². The van der Waals surface area contributed by atoms with Crippen LogP contribution in [-0.4, -0.2) is 34.2 Å². The predicted molar refractivity (Wildman–Crippen MR) is 183 cm³/mol. The van der Waals surface area contributed by atoms with E-state index in [0.29, 0.717) is 36.0 Å². The van der Waals surface area contributed by atoms with E-state index in [1.807, 2.05) is 37.4 Å². The number of amidine groups is 1. The summed E-state index contributed by atoms with van der Waals surface area (Å²) >= 11 is 0. The van der Waals surface area contributed by atoms with Crippen molar-refractivity contribution in [2.45, 2.75) is 79.4 Å². The third-order valence-electron chi connectivity index (χ3n) is 8.63. The number of fused-ring (bicyclic) bond motifs is 1. The van der Waals surface area contributed by atoms with Gasteiger partial charge in [-0.1, -0.05) is 67.5 Å². The van der Waals surface area contributed by atoms with Crippen LogP contribution in [0.15, 0.2) is 81.3 Å². The van der Waals surface area contributed by atoms with Gasteiger partial charge in [0.05, 0.1) is 18.2 Å². The molecule has 2 unspecified atom stereocenters. The summed E-state index contributed by atoms with van der Waals surface area (Å²) in [4.78, 5) is 22.7. The lowest BCUT2D eigenvalue weighted by atomic mass is 9.94. The third-order valence-corrected chi connectivity index (χ3v) is 8.63. The van der Waals surface area contributed by atoms with Crippen molar-refractivity contribution in [2.24, 2.45) is 9.98 Å². The summed E-state index contributed by atoms with van der Waals surface area (Å²) in [5.74, 6) is -0.877. The molecule has 0 aliphatic carbocycles. The Kier molecular flexibility index (Phi) is 11.1. The van der Waals surface area contributed by atoms with Gasteiger partial charge in [0, 0.05) is 24.2 Å². The quantitative estimate of drug-likeness (QED) is 0.0764. The van der Waals surface area contributed by atoms with Gasteiger partial charge in [0.2, 0.25) is 0 Å². The number of allylic oxidation sites excluding steroid dienone is 3. The number of nitrogens with two attached hydrogens (primary N) is 1. The summed E-state index contributed by atoms with van der Waals surface area (Å²) in [6, 6.07) is 11.0. The molecule has 3 aromatic rings. The molecule has 0 fully saturated rings. The minimum Gasteiger partial charge on any atom is -0.384 e. The molecule has 242 valence electrons. The number of hydrogen-bond acceptors (Lipinski definition) is 5. The second kappa shape index (κ2) is 14.9. The van der Waals surface area contributed by atoms with Crippen molar-refractivity contribution in [3.8, 4) is 0 Å². The number of anilines is 1. The predicted octanol–water partition coefficient (Wildman–Crippen LogP) is 7.45. The van der Waals surface area contributed by atoms with Crippen LogP contribution in [-0.2, 0) is 17.8 Å². The van der Waals surface area contributed by atoms with E-state index < -0.39 is 23.6 Å². The van der Waals surface area contributed by atoms with Crippen molar-refractivity contribution >= 4 is 35.2 Å². The van der Waals surface area contributed by atoms with Crippen LogP contribution in [0.3, 0.4) is 0 Å². The highest BCUT2D eigenvalue weighted by atomic mass is 19.2. The van der Waals surface area contributed by atoms with Crippen LogP contribution in [0.5, 0.6) is 0 Å². The minimum absolute atomic E-state index is 0.105. The molecular formula is C36H43F2N7O. The van der Waals surface area contributed by atoms with Crippen molar-refractivity contribution in [3.05, 3.63) is 105 Å². The summed E-state index contributed by atoms with van der Waals surface area (Å²) in [7, 11) is 0. The monoisotopic (exact) mass is 627 g/mol. The van der Waals surface area contributed by atoms with E-state index in [1.54, 1.807) is 6.92 Å². The molecular weight excluding hydrogens is 584 g/mol. The second-order valence-electron chi connectivity index (χ2n) is 11.6. The molecule has 2 aromatic carbocycles. The maximum Gasteiger partial charge on any atom is 0.254 e. The first-order valence-corrected chi connectivity index (χ1v) is 15.5. The summed E-state index contributed by atoms with van der Waals surface area (Å²) in [6.07, 6.45) is 4.27. The standard InChI is InChI=1S/C36H43F2N7O/c1-8-20(3)21(4)23(6)42-34(22(5)36(46)43-24(7)28-14-15-31(37)32(38)17-28)40-18-25-10-12-27(13-11-25)30-19-41-35-29(16-26(30)9-2)33(39)44-45-35/h10-15,17,19,23-24H,5,8-9,16,18H2,1-4,6-7H3,(H,40,42)(H,43,46)(H3,39,44,45). The lowest BCUT2D eigenvalue weighted by Crippen LogP contribution is -2.40. The van der Waals surface area contributed by atoms with E-state index in [-0.39, 0.29) is 11.6 Å². The van der Waals surface area contributed by atoms with Gasteiger partial charge in [-0.25, -0.2) is 13.8 Å². The van der Waals surface area contributed by atoms with Crippen molar-refractivity contribution in [1.29, 1.82) is 0 Å². The number of rotatable bonds is 11. The number of carbonyl (C=O) groups excluding carboxylic acids is 1. The van der Waals surface area contributed by atoms with E-state index in [9.17, 15) is 13.6 Å². The zero-order chi connectivity index (χ0) is 33.5. The van der Waals surface area contributed by atoms with Crippen LogP contribution in [0.25, 0.3) is 5.57 Å². The van der Waals surface area contributed by atoms with Gasteiger partial charge >= 0.3 is 0 Å². The number of carbonyl (C=O) groups is 1. The second-order valence-corrected chi connectivity index (χ2v) is 11.6. The Morgan fingerprint density at radius 2 is 1.80 bits per heavy atom. The van der Waals surface area contributed by atoms with Gasteiger partial charge in [-0.15, -0.1) is 0 Å². The van der Waals surface area contributed by atoms with Crippen LogP contribution in [0, 0.1) is 11.6 Å². The van der Waals surface area contributed by atoms with Gasteiger partial charge in [-0.3, -0.25) is 14.9 Å². The molecule has 1 aliphatic heterocycles. The van der Waals surface area contributed by atoms with Crippen molar-refractivity contribution in [2.75, 3.05) is 5.73 Å². The molecule has 0 saturated heterocycles. The summed E-state index contributed by atoms with van der Waals surface area (Å²) in [6.45, 7) is 16.4. The Hall–Kier alpha value is -4.86. The molecule has 1 aromatic heterocycles. The first kappa shape index (κ1) is 34.0. The molecule has 1 aliphatic rings. The molecule has 1 amide bonds. The topological polar surface area (TPSA) is 121 Å². The number of halogens is 2. The summed E-state index contributed by atoms with van der Waals surface area (Å²) < 4.78 is 27.3. The number of hydrogen-bond donors (Lipinski definition) is 4. The Morgan fingerprint density at radius 3 is 2.46 bits per heavy atom. The average molecular weight is 628 g/mol. The van der Waals surface area contributed by atoms with Crippen LogP contribution in [0.4, 0.5) is 20.4 Å². The van der Waals surface area contributed by atoms with E-state index in [2.05, 4.69) is 60.1 Å². The Balaban J connectivity index is 1.56. The van der Waals surface area contributed by atoms with Crippen LogP contribution in [0.2, 0.25) is 0 Å². The van der Waals surface area contributed by atoms with Gasteiger partial charge in [0.15, 0.2) is 17.5 Å². The lowest BCUT2D eigenvalue weighted by molar-refractivity contribution is -0.117. The maximum absolute atomic E-state index is 13.8. The number of nitrogens with zero attached hydrogens (tertiary/aromatic N) is 3. The van der Waals surface area contributed by atoms with E-state index in [0.717, 1.165) is 52.8 Å². The first-order valence-electron chi connectivity index (χ1n) is 15.5. The Labute approximate surface area is 269 Å². The van der Waals surface area contributed by atoms with Gasteiger partial charge in [-0.2, -0.15) is 5.10 Å². The van der Waals surface area contributed by atoms with Crippen LogP contribution < -0.4 is 16.4 Å². The molecule has 0 bridgehead atoms. The van der Waals surface area contributed by atoms with E-state index in [4.69, 9.17) is 10.7 Å².